The first-order valence-corrected chi connectivity index (χ1v) is 7.99. The van der Waals surface area contributed by atoms with Crippen molar-refractivity contribution < 1.29 is 18.3 Å². The summed E-state index contributed by atoms with van der Waals surface area (Å²) in [5.41, 5.74) is 0.553. The van der Waals surface area contributed by atoms with E-state index in [4.69, 9.17) is 9.15 Å². The van der Waals surface area contributed by atoms with Crippen molar-refractivity contribution in [2.45, 2.75) is 6.61 Å². The second-order valence-electron chi connectivity index (χ2n) is 5.84. The van der Waals surface area contributed by atoms with Crippen LogP contribution in [0.4, 0.5) is 4.39 Å². The van der Waals surface area contributed by atoms with E-state index in [1.165, 1.54) is 24.3 Å². The van der Waals surface area contributed by atoms with Gasteiger partial charge in [0.05, 0.1) is 5.56 Å². The van der Waals surface area contributed by atoms with Gasteiger partial charge in [0.1, 0.15) is 18.0 Å². The molecular formula is C21H13FO4. The van der Waals surface area contributed by atoms with E-state index in [2.05, 4.69) is 0 Å². The zero-order valence-corrected chi connectivity index (χ0v) is 13.6. The van der Waals surface area contributed by atoms with E-state index >= 15 is 0 Å². The molecular weight excluding hydrogens is 335 g/mol. The summed E-state index contributed by atoms with van der Waals surface area (Å²) < 4.78 is 23.8. The average Bonchev–Trinajstić information content (AvgIpc) is 2.65. The maximum absolute atomic E-state index is 13.3. The van der Waals surface area contributed by atoms with Crippen LogP contribution >= 0.6 is 0 Å². The van der Waals surface area contributed by atoms with E-state index < -0.39 is 17.4 Å². The highest BCUT2D eigenvalue weighted by Gasteiger charge is 2.13. The Balaban J connectivity index is 1.75. The standard InChI is InChI=1S/C21H13FO4/c22-16-6-3-5-14(10-16)21(24)25-12-15-11-19(23)26-18-9-8-13-4-1-2-7-17(13)20(15)18/h1-11H,12H2. The fraction of sp³-hybridized carbons (Fsp3) is 0.0476. The topological polar surface area (TPSA) is 56.5 Å². The SMILES string of the molecule is O=C(OCc1cc(=O)oc2ccc3ccccc3c12)c1cccc(F)c1. The maximum atomic E-state index is 13.3. The lowest BCUT2D eigenvalue weighted by Crippen LogP contribution is -2.08. The molecule has 1 aromatic heterocycles. The monoisotopic (exact) mass is 348 g/mol. The second-order valence-corrected chi connectivity index (χ2v) is 5.84. The molecule has 0 N–H and O–H groups in total. The molecule has 0 aliphatic heterocycles. The molecule has 4 nitrogen and oxygen atoms in total. The zero-order valence-electron chi connectivity index (χ0n) is 13.6. The molecule has 1 heterocycles. The number of carbonyl (C=O) groups is 1. The molecule has 128 valence electrons. The predicted octanol–water partition coefficient (Wildman–Crippen LogP) is 4.44. The number of rotatable bonds is 3. The molecule has 26 heavy (non-hydrogen) atoms. The Bertz CT molecular complexity index is 1190. The molecule has 3 aromatic carbocycles. The quantitative estimate of drug-likeness (QED) is 0.312. The first-order valence-electron chi connectivity index (χ1n) is 7.99. The second kappa shape index (κ2) is 6.44. The van der Waals surface area contributed by atoms with Crippen molar-refractivity contribution in [2.75, 3.05) is 0 Å². The summed E-state index contributed by atoms with van der Waals surface area (Å²) in [6.07, 6.45) is 0. The molecule has 0 saturated heterocycles. The van der Waals surface area contributed by atoms with Gasteiger partial charge in [0.2, 0.25) is 0 Å². The molecule has 0 saturated carbocycles. The van der Waals surface area contributed by atoms with E-state index in [9.17, 15) is 14.0 Å². The normalized spacial score (nSPS) is 11.0. The zero-order chi connectivity index (χ0) is 18.1. The number of fused-ring (bicyclic) bond motifs is 3. The number of hydrogen-bond donors (Lipinski definition) is 0. The van der Waals surface area contributed by atoms with Crippen molar-refractivity contribution in [3.8, 4) is 0 Å². The summed E-state index contributed by atoms with van der Waals surface area (Å²) in [6.45, 7) is -0.120. The van der Waals surface area contributed by atoms with Gasteiger partial charge < -0.3 is 9.15 Å². The van der Waals surface area contributed by atoms with Crippen molar-refractivity contribution in [1.29, 1.82) is 0 Å². The molecule has 0 atom stereocenters. The smallest absolute Gasteiger partial charge is 0.338 e. The largest absolute Gasteiger partial charge is 0.457 e. The third kappa shape index (κ3) is 2.95. The molecule has 0 aliphatic carbocycles. The van der Waals surface area contributed by atoms with E-state index in [1.807, 2.05) is 30.3 Å². The summed E-state index contributed by atoms with van der Waals surface area (Å²) in [4.78, 5) is 24.0. The lowest BCUT2D eigenvalue weighted by Gasteiger charge is -2.09. The molecule has 4 rings (SSSR count). The van der Waals surface area contributed by atoms with Gasteiger partial charge in [-0.3, -0.25) is 0 Å². The van der Waals surface area contributed by atoms with Gasteiger partial charge in [-0.05, 0) is 35.0 Å². The summed E-state index contributed by atoms with van der Waals surface area (Å²) >= 11 is 0. The highest BCUT2D eigenvalue weighted by molar-refractivity contribution is 6.07. The first-order chi connectivity index (χ1) is 12.6. The van der Waals surface area contributed by atoms with Crippen molar-refractivity contribution in [3.63, 3.8) is 0 Å². The van der Waals surface area contributed by atoms with Gasteiger partial charge in [-0.1, -0.05) is 36.4 Å². The van der Waals surface area contributed by atoms with Crippen molar-refractivity contribution in [2.24, 2.45) is 0 Å². The van der Waals surface area contributed by atoms with Gasteiger partial charge in [-0.25, -0.2) is 14.0 Å². The highest BCUT2D eigenvalue weighted by Crippen LogP contribution is 2.27. The summed E-state index contributed by atoms with van der Waals surface area (Å²) in [6, 6.07) is 17.8. The molecule has 0 unspecified atom stereocenters. The van der Waals surface area contributed by atoms with Crippen LogP contribution in [0.5, 0.6) is 0 Å². The van der Waals surface area contributed by atoms with E-state index in [-0.39, 0.29) is 12.2 Å². The Labute approximate surface area is 147 Å². The third-order valence-electron chi connectivity index (χ3n) is 4.13. The Morgan fingerprint density at radius 3 is 2.69 bits per heavy atom. The van der Waals surface area contributed by atoms with Crippen LogP contribution in [-0.2, 0) is 11.3 Å². The molecule has 4 aromatic rings. The van der Waals surface area contributed by atoms with Gasteiger partial charge in [0.15, 0.2) is 0 Å². The van der Waals surface area contributed by atoms with Crippen molar-refractivity contribution in [1.82, 2.24) is 0 Å². The minimum atomic E-state index is -0.661. The Hall–Kier alpha value is -3.47. The fourth-order valence-corrected chi connectivity index (χ4v) is 2.98. The van der Waals surface area contributed by atoms with Crippen LogP contribution in [0.25, 0.3) is 21.7 Å². The number of benzene rings is 3. The number of esters is 1. The van der Waals surface area contributed by atoms with Crippen LogP contribution in [-0.4, -0.2) is 5.97 Å². The van der Waals surface area contributed by atoms with Gasteiger partial charge >= 0.3 is 11.6 Å². The summed E-state index contributed by atoms with van der Waals surface area (Å²) in [5, 5.41) is 2.59. The first kappa shape index (κ1) is 16.0. The summed E-state index contributed by atoms with van der Waals surface area (Å²) in [5.74, 6) is -1.18. The minimum Gasteiger partial charge on any atom is -0.457 e. The molecule has 0 spiro atoms. The molecule has 0 bridgehead atoms. The van der Waals surface area contributed by atoms with Crippen LogP contribution in [0.2, 0.25) is 0 Å². The third-order valence-corrected chi connectivity index (χ3v) is 4.13. The number of hydrogen-bond acceptors (Lipinski definition) is 4. The minimum absolute atomic E-state index is 0.113. The van der Waals surface area contributed by atoms with E-state index in [0.29, 0.717) is 11.1 Å². The van der Waals surface area contributed by atoms with E-state index in [1.54, 1.807) is 6.07 Å². The molecule has 0 fully saturated rings. The van der Waals surface area contributed by atoms with Gasteiger partial charge in [-0.2, -0.15) is 0 Å². The Morgan fingerprint density at radius 1 is 1.00 bits per heavy atom. The highest BCUT2D eigenvalue weighted by atomic mass is 19.1. The lowest BCUT2D eigenvalue weighted by atomic mass is 10.0. The molecule has 0 radical (unpaired) electrons. The number of halogens is 1. The van der Waals surface area contributed by atoms with Crippen molar-refractivity contribution in [3.05, 3.63) is 94.1 Å². The van der Waals surface area contributed by atoms with Crippen LogP contribution in [0.1, 0.15) is 15.9 Å². The fourth-order valence-electron chi connectivity index (χ4n) is 2.98. The van der Waals surface area contributed by atoms with Gasteiger partial charge in [0.25, 0.3) is 0 Å². The van der Waals surface area contributed by atoms with Crippen molar-refractivity contribution >= 4 is 27.7 Å². The predicted molar refractivity (Wildman–Crippen MR) is 95.5 cm³/mol. The maximum Gasteiger partial charge on any atom is 0.338 e. The molecule has 0 amide bonds. The molecule has 0 aliphatic rings. The van der Waals surface area contributed by atoms with Gasteiger partial charge in [-0.15, -0.1) is 0 Å². The van der Waals surface area contributed by atoms with Crippen LogP contribution < -0.4 is 5.63 Å². The molecule has 5 heteroatoms. The Kier molecular flexibility index (Phi) is 3.97. The average molecular weight is 348 g/mol. The summed E-state index contributed by atoms with van der Waals surface area (Å²) in [7, 11) is 0. The van der Waals surface area contributed by atoms with Crippen LogP contribution in [0.3, 0.4) is 0 Å². The number of ether oxygens (including phenoxy) is 1. The lowest BCUT2D eigenvalue weighted by molar-refractivity contribution is 0.0473. The Morgan fingerprint density at radius 2 is 1.85 bits per heavy atom. The van der Waals surface area contributed by atoms with E-state index in [0.717, 1.165) is 22.2 Å². The van der Waals surface area contributed by atoms with Crippen LogP contribution in [0, 0.1) is 5.82 Å². The van der Waals surface area contributed by atoms with Gasteiger partial charge in [0, 0.05) is 17.0 Å². The number of carbonyl (C=O) groups excluding carboxylic acids is 1. The van der Waals surface area contributed by atoms with Crippen LogP contribution in [0.15, 0.2) is 75.9 Å².